The van der Waals surface area contributed by atoms with Gasteiger partial charge in [-0.25, -0.2) is 0 Å². The van der Waals surface area contributed by atoms with Crippen LogP contribution in [0.1, 0.15) is 26.3 Å². The number of ketones is 1. The van der Waals surface area contributed by atoms with Gasteiger partial charge in [-0.3, -0.25) is 9.59 Å². The highest BCUT2D eigenvalue weighted by Crippen LogP contribution is 2.19. The van der Waals surface area contributed by atoms with Crippen molar-refractivity contribution < 1.29 is 19.4 Å². The van der Waals surface area contributed by atoms with E-state index in [1.165, 1.54) is 24.3 Å². The molecular formula is C17H15NO4. The second-order valence-corrected chi connectivity index (χ2v) is 4.57. The highest BCUT2D eigenvalue weighted by atomic mass is 16.5. The van der Waals surface area contributed by atoms with Gasteiger partial charge in [0.25, 0.3) is 5.91 Å². The molecule has 0 radical (unpaired) electrons. The molecule has 0 saturated heterocycles. The molecule has 0 aliphatic heterocycles. The fourth-order valence-corrected chi connectivity index (χ4v) is 1.87. The van der Waals surface area contributed by atoms with E-state index in [0.717, 1.165) is 11.3 Å². The Morgan fingerprint density at radius 3 is 2.41 bits per heavy atom. The topological polar surface area (TPSA) is 89.6 Å². The Morgan fingerprint density at radius 2 is 1.82 bits per heavy atom. The summed E-state index contributed by atoms with van der Waals surface area (Å²) in [6, 6.07) is 11.2. The molecule has 22 heavy (non-hydrogen) atoms. The van der Waals surface area contributed by atoms with E-state index in [4.69, 9.17) is 10.5 Å². The van der Waals surface area contributed by atoms with Crippen LogP contribution in [0.5, 0.6) is 11.5 Å². The molecule has 2 rings (SSSR count). The maximum absolute atomic E-state index is 12.1. The van der Waals surface area contributed by atoms with Crippen molar-refractivity contribution in [3.05, 3.63) is 65.2 Å². The number of methoxy groups -OCH3 is 1. The third kappa shape index (κ3) is 3.52. The van der Waals surface area contributed by atoms with Crippen LogP contribution < -0.4 is 10.5 Å². The molecule has 0 aromatic heterocycles. The van der Waals surface area contributed by atoms with Crippen molar-refractivity contribution in [3.63, 3.8) is 0 Å². The van der Waals surface area contributed by atoms with Gasteiger partial charge in [0.1, 0.15) is 11.5 Å². The number of rotatable bonds is 5. The van der Waals surface area contributed by atoms with Crippen LogP contribution >= 0.6 is 0 Å². The zero-order valence-electron chi connectivity index (χ0n) is 11.9. The first-order valence-corrected chi connectivity index (χ1v) is 6.50. The van der Waals surface area contributed by atoms with Crippen LogP contribution in [0.2, 0.25) is 0 Å². The monoisotopic (exact) mass is 297 g/mol. The van der Waals surface area contributed by atoms with Crippen molar-refractivity contribution >= 4 is 17.8 Å². The molecule has 0 saturated carbocycles. The van der Waals surface area contributed by atoms with Crippen LogP contribution in [0.25, 0.3) is 6.08 Å². The SMILES string of the molecule is COc1ccc(/C=C/C(=O)c2ccc(O)c(C(N)=O)c2)cc1. The van der Waals surface area contributed by atoms with Crippen molar-refractivity contribution in [2.75, 3.05) is 7.11 Å². The summed E-state index contributed by atoms with van der Waals surface area (Å²) in [6.45, 7) is 0. The minimum Gasteiger partial charge on any atom is -0.507 e. The molecule has 0 aliphatic rings. The molecule has 0 heterocycles. The van der Waals surface area contributed by atoms with E-state index in [1.54, 1.807) is 25.3 Å². The third-order valence-electron chi connectivity index (χ3n) is 3.09. The zero-order valence-corrected chi connectivity index (χ0v) is 11.9. The molecule has 112 valence electrons. The quantitative estimate of drug-likeness (QED) is 0.655. The van der Waals surface area contributed by atoms with E-state index in [-0.39, 0.29) is 22.7 Å². The van der Waals surface area contributed by atoms with Gasteiger partial charge in [-0.15, -0.1) is 0 Å². The number of hydrogen-bond donors (Lipinski definition) is 2. The predicted molar refractivity (Wildman–Crippen MR) is 83.0 cm³/mol. The fourth-order valence-electron chi connectivity index (χ4n) is 1.87. The van der Waals surface area contributed by atoms with E-state index in [2.05, 4.69) is 0 Å². The molecule has 2 aromatic carbocycles. The molecule has 2 aromatic rings. The van der Waals surface area contributed by atoms with E-state index in [0.29, 0.717) is 0 Å². The van der Waals surface area contributed by atoms with Gasteiger partial charge >= 0.3 is 0 Å². The van der Waals surface area contributed by atoms with Crippen LogP contribution in [-0.2, 0) is 0 Å². The highest BCUT2D eigenvalue weighted by Gasteiger charge is 2.11. The van der Waals surface area contributed by atoms with Gasteiger partial charge in [-0.2, -0.15) is 0 Å². The molecule has 3 N–H and O–H groups in total. The first-order chi connectivity index (χ1) is 10.5. The van der Waals surface area contributed by atoms with Crippen molar-refractivity contribution in [2.45, 2.75) is 0 Å². The predicted octanol–water partition coefficient (Wildman–Crippen LogP) is 2.40. The molecule has 0 unspecified atom stereocenters. The van der Waals surface area contributed by atoms with Crippen molar-refractivity contribution in [1.82, 2.24) is 0 Å². The van der Waals surface area contributed by atoms with Gasteiger partial charge < -0.3 is 15.6 Å². The molecule has 0 atom stereocenters. The smallest absolute Gasteiger partial charge is 0.252 e. The van der Waals surface area contributed by atoms with E-state index in [1.807, 2.05) is 12.1 Å². The number of carbonyl (C=O) groups is 2. The maximum Gasteiger partial charge on any atom is 0.252 e. The average Bonchev–Trinajstić information content (AvgIpc) is 2.53. The lowest BCUT2D eigenvalue weighted by molar-refractivity contribution is 0.0997. The minimum absolute atomic E-state index is 0.0799. The molecule has 0 fully saturated rings. The molecule has 0 spiro atoms. The number of allylic oxidation sites excluding steroid dienone is 1. The minimum atomic E-state index is -0.786. The lowest BCUT2D eigenvalue weighted by atomic mass is 10.0. The first-order valence-electron chi connectivity index (χ1n) is 6.50. The number of ether oxygens (including phenoxy) is 1. The Kier molecular flexibility index (Phi) is 4.58. The second kappa shape index (κ2) is 6.58. The third-order valence-corrected chi connectivity index (χ3v) is 3.09. The Hall–Kier alpha value is -3.08. The first kappa shape index (κ1) is 15.3. The average molecular weight is 297 g/mol. The second-order valence-electron chi connectivity index (χ2n) is 4.57. The van der Waals surface area contributed by atoms with Crippen LogP contribution in [0.3, 0.4) is 0 Å². The highest BCUT2D eigenvalue weighted by molar-refractivity contribution is 6.08. The van der Waals surface area contributed by atoms with Gasteiger partial charge in [0.2, 0.25) is 0 Å². The Labute approximate surface area is 127 Å². The molecular weight excluding hydrogens is 282 g/mol. The van der Waals surface area contributed by atoms with Crippen LogP contribution in [0, 0.1) is 0 Å². The van der Waals surface area contributed by atoms with E-state index >= 15 is 0 Å². The summed E-state index contributed by atoms with van der Waals surface area (Å²) >= 11 is 0. The number of phenols is 1. The standard InChI is InChI=1S/C17H15NO4/c1-22-13-6-2-11(3-7-13)4-8-15(19)12-5-9-16(20)14(10-12)17(18)21/h2-10,20H,1H3,(H2,18,21)/b8-4+. The summed E-state index contributed by atoms with van der Waals surface area (Å²) in [4.78, 5) is 23.2. The molecule has 5 heteroatoms. The van der Waals surface area contributed by atoms with Crippen molar-refractivity contribution in [3.8, 4) is 11.5 Å². The van der Waals surface area contributed by atoms with Gasteiger partial charge in [-0.05, 0) is 42.0 Å². The van der Waals surface area contributed by atoms with E-state index < -0.39 is 5.91 Å². The summed E-state index contributed by atoms with van der Waals surface area (Å²) in [5.41, 5.74) is 6.17. The number of nitrogens with two attached hydrogens (primary N) is 1. The molecule has 0 aliphatic carbocycles. The normalized spacial score (nSPS) is 10.6. The molecule has 5 nitrogen and oxygen atoms in total. The summed E-state index contributed by atoms with van der Waals surface area (Å²) in [7, 11) is 1.58. The fraction of sp³-hybridized carbons (Fsp3) is 0.0588. The molecule has 0 bridgehead atoms. The van der Waals surface area contributed by atoms with Crippen molar-refractivity contribution in [2.24, 2.45) is 5.73 Å². The van der Waals surface area contributed by atoms with Gasteiger partial charge in [0, 0.05) is 5.56 Å². The number of hydrogen-bond acceptors (Lipinski definition) is 4. The summed E-state index contributed by atoms with van der Waals surface area (Å²) in [6.07, 6.45) is 3.04. The Bertz CT molecular complexity index is 733. The zero-order chi connectivity index (χ0) is 16.1. The van der Waals surface area contributed by atoms with Gasteiger partial charge in [0.15, 0.2) is 5.78 Å². The Balaban J connectivity index is 2.19. The number of carbonyl (C=O) groups excluding carboxylic acids is 2. The number of aromatic hydroxyl groups is 1. The van der Waals surface area contributed by atoms with E-state index in [9.17, 15) is 14.7 Å². The lowest BCUT2D eigenvalue weighted by Crippen LogP contribution is -2.12. The maximum atomic E-state index is 12.1. The largest absolute Gasteiger partial charge is 0.507 e. The summed E-state index contributed by atoms with van der Waals surface area (Å²) < 4.78 is 5.05. The van der Waals surface area contributed by atoms with Gasteiger partial charge in [0.05, 0.1) is 12.7 Å². The number of amides is 1. The molecule has 1 amide bonds. The van der Waals surface area contributed by atoms with Crippen LogP contribution in [0.4, 0.5) is 0 Å². The Morgan fingerprint density at radius 1 is 1.14 bits per heavy atom. The van der Waals surface area contributed by atoms with Crippen LogP contribution in [0.15, 0.2) is 48.5 Å². The summed E-state index contributed by atoms with van der Waals surface area (Å²) in [5, 5.41) is 9.50. The lowest BCUT2D eigenvalue weighted by Gasteiger charge is -2.02. The number of benzene rings is 2. The van der Waals surface area contributed by atoms with Crippen molar-refractivity contribution in [1.29, 1.82) is 0 Å². The summed E-state index contributed by atoms with van der Waals surface area (Å²) in [5.74, 6) is -0.596. The number of primary amides is 1. The van der Waals surface area contributed by atoms with Crippen LogP contribution in [-0.4, -0.2) is 23.9 Å². The van der Waals surface area contributed by atoms with Gasteiger partial charge in [-0.1, -0.05) is 18.2 Å².